The fourth-order valence-electron chi connectivity index (χ4n) is 4.78. The summed E-state index contributed by atoms with van der Waals surface area (Å²) < 4.78 is 20.0. The number of benzene rings is 2. The number of aryl methyl sites for hydroxylation is 2. The summed E-state index contributed by atoms with van der Waals surface area (Å²) >= 11 is 0. The van der Waals surface area contributed by atoms with Crippen LogP contribution in [-0.2, 0) is 35.3 Å². The fraction of sp³-hybridized carbons (Fsp3) is 0.345. The van der Waals surface area contributed by atoms with Gasteiger partial charge in [0.05, 0.1) is 7.11 Å². The van der Waals surface area contributed by atoms with Crippen molar-refractivity contribution >= 4 is 11.9 Å². The van der Waals surface area contributed by atoms with E-state index < -0.39 is 17.9 Å². The molecule has 0 saturated carbocycles. The Labute approximate surface area is 210 Å². The van der Waals surface area contributed by atoms with Gasteiger partial charge in [-0.2, -0.15) is 0 Å². The van der Waals surface area contributed by atoms with Crippen molar-refractivity contribution < 1.29 is 18.7 Å². The van der Waals surface area contributed by atoms with Crippen molar-refractivity contribution in [3.05, 3.63) is 105 Å². The predicted molar refractivity (Wildman–Crippen MR) is 135 cm³/mol. The van der Waals surface area contributed by atoms with Crippen LogP contribution in [0, 0.1) is 5.82 Å². The van der Waals surface area contributed by atoms with E-state index >= 15 is 0 Å². The lowest BCUT2D eigenvalue weighted by Crippen LogP contribution is -2.39. The van der Waals surface area contributed by atoms with Gasteiger partial charge in [-0.3, -0.25) is 9.59 Å². The van der Waals surface area contributed by atoms with Crippen LogP contribution in [0.3, 0.4) is 0 Å². The summed E-state index contributed by atoms with van der Waals surface area (Å²) in [4.78, 5) is 39.5. The Hall–Kier alpha value is -3.74. The fourth-order valence-corrected chi connectivity index (χ4v) is 4.78. The SMILES string of the molecule is COC(=O)[C@H](NC(=O)c1cc2c(n(CCc3ccc(F)cc3)c1=O)CCCCCC2)c1ccccc1. The summed E-state index contributed by atoms with van der Waals surface area (Å²) in [6.07, 6.45) is 6.26. The van der Waals surface area contributed by atoms with E-state index in [1.807, 2.05) is 6.07 Å². The second-order valence-corrected chi connectivity index (χ2v) is 9.12. The number of ether oxygens (including phenoxy) is 1. The number of carbonyl (C=O) groups excluding carboxylic acids is 2. The molecular formula is C29H31FN2O4. The van der Waals surface area contributed by atoms with Crippen LogP contribution in [0.4, 0.5) is 4.39 Å². The van der Waals surface area contributed by atoms with Crippen molar-refractivity contribution in [1.82, 2.24) is 9.88 Å². The number of aromatic nitrogens is 1. The Bertz CT molecular complexity index is 1270. The molecule has 1 amide bonds. The lowest BCUT2D eigenvalue weighted by atomic mass is 9.95. The van der Waals surface area contributed by atoms with Gasteiger partial charge in [0.25, 0.3) is 11.5 Å². The number of methoxy groups -OCH3 is 1. The lowest BCUT2D eigenvalue weighted by molar-refractivity contribution is -0.143. The smallest absolute Gasteiger partial charge is 0.333 e. The van der Waals surface area contributed by atoms with Gasteiger partial charge in [-0.1, -0.05) is 55.3 Å². The highest BCUT2D eigenvalue weighted by Gasteiger charge is 2.27. The van der Waals surface area contributed by atoms with Gasteiger partial charge in [0, 0.05) is 12.2 Å². The minimum Gasteiger partial charge on any atom is -0.467 e. The van der Waals surface area contributed by atoms with Gasteiger partial charge in [0.2, 0.25) is 0 Å². The third-order valence-electron chi connectivity index (χ3n) is 6.73. The molecule has 1 atom stereocenters. The molecule has 4 rings (SSSR count). The van der Waals surface area contributed by atoms with Crippen LogP contribution in [-0.4, -0.2) is 23.6 Å². The molecule has 0 bridgehead atoms. The molecule has 1 heterocycles. The third-order valence-corrected chi connectivity index (χ3v) is 6.73. The van der Waals surface area contributed by atoms with Crippen LogP contribution in [0.2, 0.25) is 0 Å². The summed E-state index contributed by atoms with van der Waals surface area (Å²) in [5.74, 6) is -1.53. The molecule has 0 fully saturated rings. The van der Waals surface area contributed by atoms with E-state index in [1.54, 1.807) is 47.0 Å². The number of rotatable bonds is 7. The average molecular weight is 491 g/mol. The number of pyridine rings is 1. The number of fused-ring (bicyclic) bond motifs is 1. The van der Waals surface area contributed by atoms with Crippen LogP contribution in [0.25, 0.3) is 0 Å². The first kappa shape index (κ1) is 25.4. The molecule has 188 valence electrons. The lowest BCUT2D eigenvalue weighted by Gasteiger charge is -2.22. The maximum absolute atomic E-state index is 13.6. The maximum atomic E-state index is 13.6. The molecule has 1 aliphatic carbocycles. The Morgan fingerprint density at radius 3 is 2.39 bits per heavy atom. The molecule has 0 aliphatic heterocycles. The predicted octanol–water partition coefficient (Wildman–Crippen LogP) is 4.53. The normalized spacial score (nSPS) is 14.2. The first-order valence-electron chi connectivity index (χ1n) is 12.4. The Balaban J connectivity index is 1.69. The van der Waals surface area contributed by atoms with E-state index in [1.165, 1.54) is 19.2 Å². The van der Waals surface area contributed by atoms with Crippen LogP contribution in [0.1, 0.15) is 64.5 Å². The summed E-state index contributed by atoms with van der Waals surface area (Å²) in [5, 5.41) is 2.71. The van der Waals surface area contributed by atoms with E-state index in [0.717, 1.165) is 55.3 Å². The second kappa shape index (κ2) is 11.8. The van der Waals surface area contributed by atoms with Crippen molar-refractivity contribution in [3.63, 3.8) is 0 Å². The second-order valence-electron chi connectivity index (χ2n) is 9.12. The average Bonchev–Trinajstić information content (AvgIpc) is 2.88. The van der Waals surface area contributed by atoms with Crippen molar-refractivity contribution in [2.75, 3.05) is 7.11 Å². The number of nitrogens with zero attached hydrogens (tertiary/aromatic N) is 1. The van der Waals surface area contributed by atoms with Gasteiger partial charge in [-0.15, -0.1) is 0 Å². The summed E-state index contributed by atoms with van der Waals surface area (Å²) in [6.45, 7) is 0.382. The number of hydrogen-bond donors (Lipinski definition) is 1. The van der Waals surface area contributed by atoms with Crippen molar-refractivity contribution in [3.8, 4) is 0 Å². The Kier molecular flexibility index (Phi) is 8.31. The molecule has 0 unspecified atom stereocenters. The maximum Gasteiger partial charge on any atom is 0.333 e. The van der Waals surface area contributed by atoms with E-state index in [0.29, 0.717) is 18.5 Å². The topological polar surface area (TPSA) is 77.4 Å². The number of esters is 1. The molecule has 0 saturated heterocycles. The summed E-state index contributed by atoms with van der Waals surface area (Å²) in [7, 11) is 1.26. The molecule has 36 heavy (non-hydrogen) atoms. The quantitative estimate of drug-likeness (QED) is 0.494. The number of halogens is 1. The molecule has 0 spiro atoms. The van der Waals surface area contributed by atoms with Gasteiger partial charge in [-0.25, -0.2) is 9.18 Å². The zero-order valence-electron chi connectivity index (χ0n) is 20.5. The highest BCUT2D eigenvalue weighted by Crippen LogP contribution is 2.22. The number of carbonyl (C=O) groups is 2. The first-order valence-corrected chi connectivity index (χ1v) is 12.4. The van der Waals surface area contributed by atoms with Gasteiger partial charge in [-0.05, 0) is 67.0 Å². The Morgan fingerprint density at radius 2 is 1.69 bits per heavy atom. The number of amides is 1. The van der Waals surface area contributed by atoms with E-state index in [2.05, 4.69) is 5.32 Å². The van der Waals surface area contributed by atoms with Gasteiger partial charge >= 0.3 is 5.97 Å². The molecule has 1 aliphatic rings. The third kappa shape index (κ3) is 5.90. The van der Waals surface area contributed by atoms with Gasteiger partial charge in [0.1, 0.15) is 11.4 Å². The zero-order valence-corrected chi connectivity index (χ0v) is 20.5. The number of nitrogens with one attached hydrogen (secondary N) is 1. The zero-order chi connectivity index (χ0) is 25.5. The van der Waals surface area contributed by atoms with Crippen LogP contribution < -0.4 is 10.9 Å². The minimum absolute atomic E-state index is 0.0123. The van der Waals surface area contributed by atoms with Crippen molar-refractivity contribution in [2.24, 2.45) is 0 Å². The number of hydrogen-bond acceptors (Lipinski definition) is 4. The molecule has 0 radical (unpaired) electrons. The highest BCUT2D eigenvalue weighted by molar-refractivity contribution is 5.97. The molecule has 2 aromatic carbocycles. The van der Waals surface area contributed by atoms with Crippen LogP contribution >= 0.6 is 0 Å². The molecule has 1 N–H and O–H groups in total. The molecular weight excluding hydrogens is 459 g/mol. The van der Waals surface area contributed by atoms with Gasteiger partial charge in [0.15, 0.2) is 6.04 Å². The largest absolute Gasteiger partial charge is 0.467 e. The van der Waals surface area contributed by atoms with E-state index in [-0.39, 0.29) is 16.9 Å². The van der Waals surface area contributed by atoms with Gasteiger partial charge < -0.3 is 14.6 Å². The van der Waals surface area contributed by atoms with Crippen LogP contribution in [0.5, 0.6) is 0 Å². The molecule has 6 nitrogen and oxygen atoms in total. The molecule has 3 aromatic rings. The Morgan fingerprint density at radius 1 is 1.00 bits per heavy atom. The van der Waals surface area contributed by atoms with E-state index in [9.17, 15) is 18.8 Å². The molecule has 1 aromatic heterocycles. The van der Waals surface area contributed by atoms with E-state index in [4.69, 9.17) is 4.74 Å². The summed E-state index contributed by atoms with van der Waals surface area (Å²) in [6, 6.07) is 15.7. The van der Waals surface area contributed by atoms with Crippen LogP contribution in [0.15, 0.2) is 65.5 Å². The van der Waals surface area contributed by atoms with Crippen molar-refractivity contribution in [1.29, 1.82) is 0 Å². The van der Waals surface area contributed by atoms with Crippen molar-refractivity contribution in [2.45, 2.75) is 57.5 Å². The minimum atomic E-state index is -1.03. The standard InChI is InChI=1S/C29H31FN2O4/c1-36-29(35)26(21-9-6-4-7-10-21)31-27(33)24-19-22-11-5-2-3-8-12-25(22)32(28(24)34)18-17-20-13-15-23(30)16-14-20/h4,6-7,9-10,13-16,19,26H,2-3,5,8,11-12,17-18H2,1H3,(H,31,33)/t26-/m1/s1. The molecule has 7 heteroatoms. The monoisotopic (exact) mass is 490 g/mol. The first-order chi connectivity index (χ1) is 17.5. The highest BCUT2D eigenvalue weighted by atomic mass is 19.1. The summed E-state index contributed by atoms with van der Waals surface area (Å²) in [5.41, 5.74) is 3.07.